The Labute approximate surface area is 145 Å². The van der Waals surface area contributed by atoms with Crippen molar-refractivity contribution < 1.29 is 4.74 Å². The van der Waals surface area contributed by atoms with E-state index in [2.05, 4.69) is 44.0 Å². The summed E-state index contributed by atoms with van der Waals surface area (Å²) in [7, 11) is 0. The van der Waals surface area contributed by atoms with Crippen molar-refractivity contribution in [3.63, 3.8) is 0 Å². The monoisotopic (exact) mass is 424 g/mol. The molecule has 0 bridgehead atoms. The highest BCUT2D eigenvalue weighted by Gasteiger charge is 2.08. The van der Waals surface area contributed by atoms with Crippen molar-refractivity contribution in [2.75, 3.05) is 0 Å². The van der Waals surface area contributed by atoms with Gasteiger partial charge in [-0.15, -0.1) is 0 Å². The van der Waals surface area contributed by atoms with Crippen LogP contribution in [0.25, 0.3) is 10.8 Å². The van der Waals surface area contributed by atoms with Crippen LogP contribution in [0.15, 0.2) is 59.1 Å². The maximum Gasteiger partial charge on any atom is 0.132 e. The largest absolute Gasteiger partial charge is 0.457 e. The van der Waals surface area contributed by atoms with Gasteiger partial charge in [0.15, 0.2) is 0 Å². The summed E-state index contributed by atoms with van der Waals surface area (Å²) in [4.78, 5) is 0. The van der Waals surface area contributed by atoms with Gasteiger partial charge in [0.25, 0.3) is 0 Å². The first-order valence-corrected chi connectivity index (χ1v) is 8.67. The first kappa shape index (κ1) is 14.9. The molecule has 0 aliphatic carbocycles. The molecule has 106 valence electrons. The Morgan fingerprint density at radius 1 is 0.952 bits per heavy atom. The second kappa shape index (κ2) is 6.39. The summed E-state index contributed by atoms with van der Waals surface area (Å²) < 4.78 is 7.06. The molecule has 0 saturated carbocycles. The smallest absolute Gasteiger partial charge is 0.132 e. The molecule has 0 aliphatic rings. The van der Waals surface area contributed by atoms with Crippen LogP contribution in [-0.4, -0.2) is 0 Å². The van der Waals surface area contributed by atoms with Crippen LogP contribution >= 0.6 is 43.5 Å². The summed E-state index contributed by atoms with van der Waals surface area (Å²) in [6.45, 7) is 0. The molecule has 0 atom stereocenters. The minimum Gasteiger partial charge on any atom is -0.457 e. The minimum absolute atomic E-state index is 0.655. The number of benzene rings is 3. The highest BCUT2D eigenvalue weighted by molar-refractivity contribution is 9.10. The van der Waals surface area contributed by atoms with Crippen LogP contribution in [0.5, 0.6) is 11.5 Å². The molecule has 3 rings (SSSR count). The average molecular weight is 427 g/mol. The lowest BCUT2D eigenvalue weighted by atomic mass is 10.1. The zero-order chi connectivity index (χ0) is 14.8. The Morgan fingerprint density at radius 3 is 2.52 bits per heavy atom. The normalized spacial score (nSPS) is 10.8. The van der Waals surface area contributed by atoms with Gasteiger partial charge in [0, 0.05) is 20.4 Å². The molecule has 0 amide bonds. The fourth-order valence-electron chi connectivity index (χ4n) is 2.15. The molecule has 0 aliphatic heterocycles. The number of hydrogen-bond acceptors (Lipinski definition) is 1. The van der Waals surface area contributed by atoms with Crippen LogP contribution in [0.3, 0.4) is 0 Å². The van der Waals surface area contributed by atoms with E-state index in [0.29, 0.717) is 10.4 Å². The summed E-state index contributed by atoms with van der Waals surface area (Å²) in [5, 5.41) is 3.67. The first-order valence-electron chi connectivity index (χ1n) is 6.38. The van der Waals surface area contributed by atoms with Gasteiger partial charge in [-0.1, -0.05) is 61.7 Å². The van der Waals surface area contributed by atoms with E-state index in [0.717, 1.165) is 26.9 Å². The van der Waals surface area contributed by atoms with Crippen LogP contribution in [0, 0.1) is 0 Å². The number of halogens is 3. The van der Waals surface area contributed by atoms with E-state index >= 15 is 0 Å². The second-order valence-corrected chi connectivity index (χ2v) is 6.49. The number of rotatable bonds is 3. The van der Waals surface area contributed by atoms with Gasteiger partial charge in [0.2, 0.25) is 0 Å². The Hall–Kier alpha value is -1.03. The van der Waals surface area contributed by atoms with Crippen molar-refractivity contribution in [3.05, 3.63) is 69.7 Å². The Balaban J connectivity index is 1.98. The molecule has 0 heterocycles. The van der Waals surface area contributed by atoms with E-state index < -0.39 is 0 Å². The molecule has 0 unspecified atom stereocenters. The summed E-state index contributed by atoms with van der Waals surface area (Å²) in [6, 6.07) is 17.9. The van der Waals surface area contributed by atoms with E-state index in [-0.39, 0.29) is 0 Å². The molecule has 0 saturated heterocycles. The van der Waals surface area contributed by atoms with E-state index in [9.17, 15) is 0 Å². The van der Waals surface area contributed by atoms with Gasteiger partial charge in [-0.2, -0.15) is 0 Å². The first-order chi connectivity index (χ1) is 10.2. The van der Waals surface area contributed by atoms with Crippen LogP contribution in [-0.2, 0) is 5.33 Å². The summed E-state index contributed by atoms with van der Waals surface area (Å²) >= 11 is 13.1. The zero-order valence-electron chi connectivity index (χ0n) is 10.9. The number of alkyl halides is 1. The maximum atomic E-state index is 6.19. The molecule has 0 radical (unpaired) electrons. The molecular weight excluding hydrogens is 415 g/mol. The summed E-state index contributed by atoms with van der Waals surface area (Å²) in [5.74, 6) is 1.57. The molecule has 0 fully saturated rings. The highest BCUT2D eigenvalue weighted by atomic mass is 79.9. The van der Waals surface area contributed by atoms with Gasteiger partial charge in [-0.3, -0.25) is 0 Å². The van der Waals surface area contributed by atoms with Crippen LogP contribution in [0.4, 0.5) is 0 Å². The van der Waals surface area contributed by atoms with Gasteiger partial charge < -0.3 is 4.74 Å². The van der Waals surface area contributed by atoms with E-state index in [1.165, 1.54) is 5.39 Å². The average Bonchev–Trinajstić information content (AvgIpc) is 2.48. The highest BCUT2D eigenvalue weighted by Crippen LogP contribution is 2.33. The fraction of sp³-hybridized carbons (Fsp3) is 0.0588. The molecule has 3 aromatic carbocycles. The fourth-order valence-corrected chi connectivity index (χ4v) is 3.50. The van der Waals surface area contributed by atoms with Crippen molar-refractivity contribution in [2.45, 2.75) is 5.33 Å². The van der Waals surface area contributed by atoms with E-state index in [1.54, 1.807) is 0 Å². The zero-order valence-corrected chi connectivity index (χ0v) is 14.9. The lowest BCUT2D eigenvalue weighted by Crippen LogP contribution is -1.90. The second-order valence-electron chi connectivity index (χ2n) is 4.61. The Bertz CT molecular complexity index is 802. The maximum absolute atomic E-state index is 6.19. The molecule has 4 heteroatoms. The van der Waals surface area contributed by atoms with Gasteiger partial charge in [-0.25, -0.2) is 0 Å². The summed E-state index contributed by atoms with van der Waals surface area (Å²) in [6.07, 6.45) is 0. The molecule has 0 spiro atoms. The van der Waals surface area contributed by atoms with Crippen LogP contribution in [0.2, 0.25) is 5.02 Å². The van der Waals surface area contributed by atoms with E-state index in [1.807, 2.05) is 42.5 Å². The predicted octanol–water partition coefficient (Wildman–Crippen LogP) is 6.94. The SMILES string of the molecule is Clc1cccc(Oc2ccc3cc(Br)ccc3c2)c1CBr. The number of fused-ring (bicyclic) bond motifs is 1. The summed E-state index contributed by atoms with van der Waals surface area (Å²) in [5.41, 5.74) is 0.954. The third-order valence-electron chi connectivity index (χ3n) is 3.21. The Morgan fingerprint density at radius 2 is 1.71 bits per heavy atom. The van der Waals surface area contributed by atoms with Crippen molar-refractivity contribution in [1.82, 2.24) is 0 Å². The lowest BCUT2D eigenvalue weighted by Gasteiger charge is -2.11. The molecule has 0 aromatic heterocycles. The van der Waals surface area contributed by atoms with E-state index in [4.69, 9.17) is 16.3 Å². The minimum atomic E-state index is 0.655. The third kappa shape index (κ3) is 3.25. The van der Waals surface area contributed by atoms with Crippen molar-refractivity contribution >= 4 is 54.2 Å². The third-order valence-corrected chi connectivity index (χ3v) is 4.62. The topological polar surface area (TPSA) is 9.23 Å². The quantitative estimate of drug-likeness (QED) is 0.412. The van der Waals surface area contributed by atoms with Crippen molar-refractivity contribution in [3.8, 4) is 11.5 Å². The van der Waals surface area contributed by atoms with Crippen LogP contribution < -0.4 is 4.74 Å². The van der Waals surface area contributed by atoms with Gasteiger partial charge in [0.1, 0.15) is 11.5 Å². The standard InChI is InChI=1S/C17H11Br2ClO/c18-10-15-16(20)2-1-3-17(15)21-14-7-5-11-8-13(19)6-4-12(11)9-14/h1-9H,10H2. The van der Waals surface area contributed by atoms with Gasteiger partial charge >= 0.3 is 0 Å². The van der Waals surface area contributed by atoms with Crippen molar-refractivity contribution in [1.29, 1.82) is 0 Å². The van der Waals surface area contributed by atoms with Crippen LogP contribution in [0.1, 0.15) is 5.56 Å². The predicted molar refractivity (Wildman–Crippen MR) is 95.8 cm³/mol. The molecule has 3 aromatic rings. The van der Waals surface area contributed by atoms with Crippen molar-refractivity contribution in [2.24, 2.45) is 0 Å². The van der Waals surface area contributed by atoms with Gasteiger partial charge in [-0.05, 0) is 47.2 Å². The molecule has 21 heavy (non-hydrogen) atoms. The lowest BCUT2D eigenvalue weighted by molar-refractivity contribution is 0.479. The number of hydrogen-bond donors (Lipinski definition) is 0. The molecule has 0 N–H and O–H groups in total. The van der Waals surface area contributed by atoms with Gasteiger partial charge in [0.05, 0.1) is 0 Å². The molecule has 1 nitrogen and oxygen atoms in total. The molecular formula is C17H11Br2ClO. The number of ether oxygens (including phenoxy) is 1. The Kier molecular flexibility index (Phi) is 4.53.